The van der Waals surface area contributed by atoms with E-state index in [1.165, 1.54) is 12.1 Å². The molecule has 1 amide bonds. The van der Waals surface area contributed by atoms with Gasteiger partial charge in [-0.2, -0.15) is 0 Å². The first-order valence-electron chi connectivity index (χ1n) is 5.18. The average Bonchev–Trinajstić information content (AvgIpc) is 2.32. The molecule has 0 aliphatic rings. The Kier molecular flexibility index (Phi) is 5.88. The van der Waals surface area contributed by atoms with E-state index in [-0.39, 0.29) is 10.2 Å². The minimum atomic E-state index is -0.827. The third-order valence-corrected chi connectivity index (χ3v) is 2.40. The van der Waals surface area contributed by atoms with Crippen LogP contribution < -0.4 is 5.32 Å². The highest BCUT2D eigenvalue weighted by atomic mass is 35.5. The molecule has 1 aromatic carbocycles. The van der Waals surface area contributed by atoms with Crippen molar-refractivity contribution in [2.75, 3.05) is 5.32 Å². The lowest BCUT2D eigenvalue weighted by Gasteiger charge is -2.03. The van der Waals surface area contributed by atoms with Crippen molar-refractivity contribution in [3.8, 4) is 0 Å². The lowest BCUT2D eigenvalue weighted by atomic mass is 10.3. The molecule has 0 atom stereocenters. The van der Waals surface area contributed by atoms with Crippen molar-refractivity contribution in [1.29, 1.82) is 0 Å². The van der Waals surface area contributed by atoms with Crippen LogP contribution in [0, 0.1) is 5.82 Å². The molecule has 0 saturated carbocycles. The first-order valence-corrected chi connectivity index (χ1v) is 5.94. The van der Waals surface area contributed by atoms with Gasteiger partial charge >= 0.3 is 6.09 Å². The number of halogens is 3. The molecule has 7 heteroatoms. The SMILES string of the molecule is CCCC(Cl)=NOC(=O)Nc1ccc(F)c(Cl)c1. The molecule has 0 aliphatic heterocycles. The zero-order chi connectivity index (χ0) is 13.5. The Morgan fingerprint density at radius 1 is 1.56 bits per heavy atom. The first kappa shape index (κ1) is 14.7. The molecule has 0 aliphatic carbocycles. The van der Waals surface area contributed by atoms with Gasteiger partial charge in [0, 0.05) is 12.1 Å². The first-order chi connectivity index (χ1) is 8.52. The van der Waals surface area contributed by atoms with Gasteiger partial charge in [-0.25, -0.2) is 9.18 Å². The lowest BCUT2D eigenvalue weighted by molar-refractivity contribution is 0.166. The van der Waals surface area contributed by atoms with Gasteiger partial charge in [0.1, 0.15) is 11.0 Å². The Labute approximate surface area is 114 Å². The van der Waals surface area contributed by atoms with Gasteiger partial charge in [0.05, 0.1) is 5.02 Å². The van der Waals surface area contributed by atoms with Crippen molar-refractivity contribution in [2.24, 2.45) is 5.16 Å². The highest BCUT2D eigenvalue weighted by molar-refractivity contribution is 6.65. The minimum Gasteiger partial charge on any atom is -0.297 e. The largest absolute Gasteiger partial charge is 0.437 e. The molecule has 98 valence electrons. The van der Waals surface area contributed by atoms with Crippen LogP contribution in [0.1, 0.15) is 19.8 Å². The zero-order valence-electron chi connectivity index (χ0n) is 9.54. The molecule has 18 heavy (non-hydrogen) atoms. The number of hydrogen-bond acceptors (Lipinski definition) is 3. The van der Waals surface area contributed by atoms with E-state index in [0.29, 0.717) is 12.1 Å². The van der Waals surface area contributed by atoms with E-state index >= 15 is 0 Å². The highest BCUT2D eigenvalue weighted by Gasteiger charge is 2.06. The van der Waals surface area contributed by atoms with Crippen molar-refractivity contribution in [2.45, 2.75) is 19.8 Å². The van der Waals surface area contributed by atoms with Crippen LogP contribution in [-0.2, 0) is 4.84 Å². The minimum absolute atomic E-state index is 0.0969. The Balaban J connectivity index is 2.54. The fourth-order valence-electron chi connectivity index (χ4n) is 1.06. The summed E-state index contributed by atoms with van der Waals surface area (Å²) in [6.07, 6.45) is 0.491. The van der Waals surface area contributed by atoms with Gasteiger partial charge in [-0.15, -0.1) is 0 Å². The molecular formula is C11H11Cl2FN2O2. The van der Waals surface area contributed by atoms with Crippen LogP contribution in [0.4, 0.5) is 14.9 Å². The molecule has 0 spiro atoms. The van der Waals surface area contributed by atoms with E-state index in [1.807, 2.05) is 6.92 Å². The third-order valence-electron chi connectivity index (χ3n) is 1.85. The van der Waals surface area contributed by atoms with Crippen LogP contribution in [-0.4, -0.2) is 11.3 Å². The van der Waals surface area contributed by atoms with E-state index in [4.69, 9.17) is 23.2 Å². The molecule has 1 aromatic rings. The maximum Gasteiger partial charge on any atom is 0.437 e. The van der Waals surface area contributed by atoms with Gasteiger partial charge in [0.15, 0.2) is 0 Å². The van der Waals surface area contributed by atoms with Crippen LogP contribution >= 0.6 is 23.2 Å². The average molecular weight is 293 g/mol. The molecule has 0 saturated heterocycles. The van der Waals surface area contributed by atoms with Crippen molar-refractivity contribution >= 4 is 40.2 Å². The van der Waals surface area contributed by atoms with Gasteiger partial charge in [-0.1, -0.05) is 35.3 Å². The van der Waals surface area contributed by atoms with E-state index in [2.05, 4.69) is 15.3 Å². The standard InChI is InChI=1S/C11H11Cl2FN2O2/c1-2-3-10(13)16-18-11(17)15-7-4-5-9(14)8(12)6-7/h4-6H,2-3H2,1H3,(H,15,17). The van der Waals surface area contributed by atoms with Gasteiger partial charge < -0.3 is 0 Å². The van der Waals surface area contributed by atoms with Crippen molar-refractivity contribution < 1.29 is 14.0 Å². The smallest absolute Gasteiger partial charge is 0.297 e. The summed E-state index contributed by atoms with van der Waals surface area (Å²) >= 11 is 11.2. The summed E-state index contributed by atoms with van der Waals surface area (Å²) in [6.45, 7) is 1.92. The molecule has 0 bridgehead atoms. The number of rotatable bonds is 4. The predicted octanol–water partition coefficient (Wildman–Crippen LogP) is 4.38. The third kappa shape index (κ3) is 4.89. The van der Waals surface area contributed by atoms with Crippen molar-refractivity contribution in [1.82, 2.24) is 0 Å². The number of carbonyl (C=O) groups is 1. The fraction of sp³-hybridized carbons (Fsp3) is 0.273. The van der Waals surface area contributed by atoms with E-state index in [9.17, 15) is 9.18 Å². The molecule has 0 unspecified atom stereocenters. The topological polar surface area (TPSA) is 50.7 Å². The number of nitrogens with zero attached hydrogens (tertiary/aromatic N) is 1. The normalized spacial score (nSPS) is 11.2. The van der Waals surface area contributed by atoms with E-state index in [0.717, 1.165) is 12.5 Å². The predicted molar refractivity (Wildman–Crippen MR) is 69.7 cm³/mol. The molecule has 0 heterocycles. The van der Waals surface area contributed by atoms with Crippen molar-refractivity contribution in [3.63, 3.8) is 0 Å². The Morgan fingerprint density at radius 2 is 2.28 bits per heavy atom. The summed E-state index contributed by atoms with van der Waals surface area (Å²) in [6, 6.07) is 3.74. The molecule has 4 nitrogen and oxygen atoms in total. The number of oxime groups is 1. The van der Waals surface area contributed by atoms with E-state index in [1.54, 1.807) is 0 Å². The molecule has 1 rings (SSSR count). The highest BCUT2D eigenvalue weighted by Crippen LogP contribution is 2.19. The van der Waals surface area contributed by atoms with Crippen LogP contribution in [0.15, 0.2) is 23.4 Å². The van der Waals surface area contributed by atoms with Crippen LogP contribution in [0.3, 0.4) is 0 Å². The number of amides is 1. The number of benzene rings is 1. The van der Waals surface area contributed by atoms with Gasteiger partial charge in [-0.05, 0) is 24.6 Å². The van der Waals surface area contributed by atoms with Crippen LogP contribution in [0.25, 0.3) is 0 Å². The summed E-state index contributed by atoms with van der Waals surface area (Å²) in [4.78, 5) is 15.8. The Morgan fingerprint density at radius 3 is 2.89 bits per heavy atom. The Hall–Kier alpha value is -1.33. The molecule has 0 aromatic heterocycles. The second-order valence-electron chi connectivity index (χ2n) is 3.35. The maximum absolute atomic E-state index is 12.9. The summed E-state index contributed by atoms with van der Waals surface area (Å²) in [5, 5.41) is 5.84. The Bertz CT molecular complexity index is 466. The second-order valence-corrected chi connectivity index (χ2v) is 4.19. The number of anilines is 1. The zero-order valence-corrected chi connectivity index (χ0v) is 11.1. The second kappa shape index (κ2) is 7.18. The molecule has 1 N–H and O–H groups in total. The number of hydrogen-bond donors (Lipinski definition) is 1. The molecule has 0 radical (unpaired) electrons. The quantitative estimate of drug-likeness (QED) is 0.509. The summed E-state index contributed by atoms with van der Waals surface area (Å²) in [7, 11) is 0. The van der Waals surface area contributed by atoms with E-state index < -0.39 is 11.9 Å². The summed E-state index contributed by atoms with van der Waals surface area (Å²) < 4.78 is 12.9. The molecular weight excluding hydrogens is 282 g/mol. The van der Waals surface area contributed by atoms with Gasteiger partial charge in [0.2, 0.25) is 0 Å². The molecule has 0 fully saturated rings. The van der Waals surface area contributed by atoms with Gasteiger partial charge in [-0.3, -0.25) is 10.2 Å². The monoisotopic (exact) mass is 292 g/mol. The summed E-state index contributed by atoms with van der Waals surface area (Å²) in [5.41, 5.74) is 0.299. The lowest BCUT2D eigenvalue weighted by Crippen LogP contribution is -2.11. The fourth-order valence-corrected chi connectivity index (χ4v) is 1.46. The number of carbonyl (C=O) groups excluding carboxylic acids is 1. The maximum atomic E-state index is 12.9. The van der Waals surface area contributed by atoms with Crippen molar-refractivity contribution in [3.05, 3.63) is 29.0 Å². The summed E-state index contributed by atoms with van der Waals surface area (Å²) in [5.74, 6) is -0.570. The van der Waals surface area contributed by atoms with Crippen LogP contribution in [0.5, 0.6) is 0 Å². The van der Waals surface area contributed by atoms with Gasteiger partial charge in [0.25, 0.3) is 0 Å². The number of nitrogens with one attached hydrogen (secondary N) is 1. The van der Waals surface area contributed by atoms with Crippen LogP contribution in [0.2, 0.25) is 5.02 Å².